The highest BCUT2D eigenvalue weighted by Gasteiger charge is 2.22. The molecule has 0 saturated carbocycles. The van der Waals surface area contributed by atoms with E-state index in [1.165, 1.54) is 32.1 Å². The van der Waals surface area contributed by atoms with Gasteiger partial charge in [0.2, 0.25) is 5.75 Å². The van der Waals surface area contributed by atoms with Crippen molar-refractivity contribution in [3.8, 4) is 5.75 Å². The molecule has 0 aliphatic rings. The third-order valence-corrected chi connectivity index (χ3v) is 4.06. The van der Waals surface area contributed by atoms with Crippen LogP contribution in [0.2, 0.25) is 0 Å². The molecular weight excluding hydrogens is 340 g/mol. The van der Waals surface area contributed by atoms with Crippen LogP contribution in [-0.2, 0) is 4.79 Å². The Bertz CT molecular complexity index is 618. The molecule has 8 nitrogen and oxygen atoms in total. The van der Waals surface area contributed by atoms with Gasteiger partial charge in [-0.05, 0) is 12.5 Å². The average Bonchev–Trinajstić information content (AvgIpc) is 2.60. The van der Waals surface area contributed by atoms with E-state index >= 15 is 0 Å². The second-order valence-electron chi connectivity index (χ2n) is 6.22. The number of non-ortho nitro benzene ring substituents is 1. The maximum absolute atomic E-state index is 11.8. The summed E-state index contributed by atoms with van der Waals surface area (Å²) in [5.74, 6) is -0.827. The van der Waals surface area contributed by atoms with Gasteiger partial charge in [0.1, 0.15) is 0 Å². The number of carbonyl (C=O) groups excluding carboxylic acids is 1. The van der Waals surface area contributed by atoms with Gasteiger partial charge < -0.3 is 4.74 Å². The zero-order valence-electron chi connectivity index (χ0n) is 15.1. The van der Waals surface area contributed by atoms with E-state index in [4.69, 9.17) is 4.74 Å². The highest BCUT2D eigenvalue weighted by atomic mass is 16.6. The number of hydrogen-bond acceptors (Lipinski definition) is 6. The summed E-state index contributed by atoms with van der Waals surface area (Å²) in [5.41, 5.74) is -1.00. The largest absolute Gasteiger partial charge is 0.419 e. The van der Waals surface area contributed by atoms with E-state index in [9.17, 15) is 25.0 Å². The maximum atomic E-state index is 11.8. The van der Waals surface area contributed by atoms with Crippen molar-refractivity contribution in [2.75, 3.05) is 0 Å². The van der Waals surface area contributed by atoms with Crippen molar-refractivity contribution in [1.82, 2.24) is 0 Å². The zero-order chi connectivity index (χ0) is 19.4. The first-order chi connectivity index (χ1) is 12.5. The summed E-state index contributed by atoms with van der Waals surface area (Å²) < 4.78 is 5.01. The number of nitro benzene ring substituents is 2. The summed E-state index contributed by atoms with van der Waals surface area (Å²) in [6.07, 6.45) is 10.2. The number of benzene rings is 1. The van der Waals surface area contributed by atoms with Crippen LogP contribution in [-0.4, -0.2) is 15.8 Å². The van der Waals surface area contributed by atoms with E-state index in [-0.39, 0.29) is 12.2 Å². The topological polar surface area (TPSA) is 113 Å². The van der Waals surface area contributed by atoms with Gasteiger partial charge in [0, 0.05) is 12.5 Å². The van der Waals surface area contributed by atoms with E-state index < -0.39 is 27.2 Å². The fraction of sp³-hybridized carbons (Fsp3) is 0.611. The van der Waals surface area contributed by atoms with Crippen LogP contribution in [0.1, 0.15) is 71.1 Å². The molecule has 0 N–H and O–H groups in total. The summed E-state index contributed by atoms with van der Waals surface area (Å²) in [7, 11) is 0. The summed E-state index contributed by atoms with van der Waals surface area (Å²) in [4.78, 5) is 32.0. The van der Waals surface area contributed by atoms with Gasteiger partial charge in [0.05, 0.1) is 15.9 Å². The van der Waals surface area contributed by atoms with Gasteiger partial charge >= 0.3 is 11.7 Å². The van der Waals surface area contributed by atoms with E-state index in [0.29, 0.717) is 6.42 Å². The summed E-state index contributed by atoms with van der Waals surface area (Å²) in [6, 6.07) is 2.96. The first-order valence-corrected chi connectivity index (χ1v) is 9.09. The van der Waals surface area contributed by atoms with Crippen molar-refractivity contribution in [2.24, 2.45) is 0 Å². The summed E-state index contributed by atoms with van der Waals surface area (Å²) in [5, 5.41) is 21.7. The number of hydrogen-bond donors (Lipinski definition) is 0. The molecule has 0 amide bonds. The fourth-order valence-corrected chi connectivity index (χ4v) is 2.60. The second-order valence-corrected chi connectivity index (χ2v) is 6.22. The van der Waals surface area contributed by atoms with Gasteiger partial charge in [-0.1, -0.05) is 58.3 Å². The average molecular weight is 366 g/mol. The summed E-state index contributed by atoms with van der Waals surface area (Å²) in [6.45, 7) is 2.18. The first kappa shape index (κ1) is 21.5. The molecule has 1 aromatic rings. The Morgan fingerprint density at radius 3 is 2.04 bits per heavy atom. The van der Waals surface area contributed by atoms with Crippen LogP contribution >= 0.6 is 0 Å². The van der Waals surface area contributed by atoms with Gasteiger partial charge in [0.25, 0.3) is 5.69 Å². The standard InChI is InChI=1S/C18H26N2O6/c1-2-3-4-5-6-7-8-9-10-11-18(21)26-17-13-12-15(19(22)23)14-16(17)20(24)25/h12-14H,2-11H2,1H3. The number of carbonyl (C=O) groups is 1. The summed E-state index contributed by atoms with van der Waals surface area (Å²) >= 11 is 0. The Morgan fingerprint density at radius 1 is 0.923 bits per heavy atom. The molecule has 0 radical (unpaired) electrons. The minimum absolute atomic E-state index is 0.171. The van der Waals surface area contributed by atoms with E-state index in [1.807, 2.05) is 0 Å². The third-order valence-electron chi connectivity index (χ3n) is 4.06. The number of nitro groups is 2. The maximum Gasteiger partial charge on any atom is 0.318 e. The Balaban J connectivity index is 2.35. The molecule has 0 spiro atoms. The molecule has 26 heavy (non-hydrogen) atoms. The number of unbranched alkanes of at least 4 members (excludes halogenated alkanes) is 8. The molecule has 0 aliphatic heterocycles. The molecule has 0 atom stereocenters. The lowest BCUT2D eigenvalue weighted by Crippen LogP contribution is -2.09. The molecule has 0 saturated heterocycles. The van der Waals surface area contributed by atoms with E-state index in [1.54, 1.807) is 0 Å². The lowest BCUT2D eigenvalue weighted by Gasteiger charge is -2.05. The number of esters is 1. The Morgan fingerprint density at radius 2 is 1.50 bits per heavy atom. The van der Waals surface area contributed by atoms with Crippen LogP contribution in [0.25, 0.3) is 0 Å². The highest BCUT2D eigenvalue weighted by Crippen LogP contribution is 2.31. The molecular formula is C18H26N2O6. The molecule has 1 rings (SSSR count). The highest BCUT2D eigenvalue weighted by molar-refractivity contribution is 5.74. The smallest absolute Gasteiger partial charge is 0.318 e. The van der Waals surface area contributed by atoms with Crippen LogP contribution in [0.4, 0.5) is 11.4 Å². The quantitative estimate of drug-likeness (QED) is 0.153. The van der Waals surface area contributed by atoms with Crippen LogP contribution < -0.4 is 4.74 Å². The van der Waals surface area contributed by atoms with Crippen molar-refractivity contribution < 1.29 is 19.4 Å². The van der Waals surface area contributed by atoms with Gasteiger partial charge in [-0.15, -0.1) is 0 Å². The molecule has 0 heterocycles. The lowest BCUT2D eigenvalue weighted by molar-refractivity contribution is -0.394. The predicted molar refractivity (Wildman–Crippen MR) is 97.2 cm³/mol. The molecule has 0 bridgehead atoms. The van der Waals surface area contributed by atoms with Crippen LogP contribution in [0.5, 0.6) is 5.75 Å². The second kappa shape index (κ2) is 11.9. The SMILES string of the molecule is CCCCCCCCCCCC(=O)Oc1ccc([N+](=O)[O-])cc1[N+](=O)[O-]. The minimum atomic E-state index is -0.797. The van der Waals surface area contributed by atoms with E-state index in [2.05, 4.69) is 6.92 Å². The third kappa shape index (κ3) is 8.04. The number of nitrogens with zero attached hydrogens (tertiary/aromatic N) is 2. The Hall–Kier alpha value is -2.51. The molecule has 0 fully saturated rings. The van der Waals surface area contributed by atoms with Crippen molar-refractivity contribution in [3.63, 3.8) is 0 Å². The van der Waals surface area contributed by atoms with Crippen molar-refractivity contribution >= 4 is 17.3 Å². The minimum Gasteiger partial charge on any atom is -0.419 e. The monoisotopic (exact) mass is 366 g/mol. The number of rotatable bonds is 13. The van der Waals surface area contributed by atoms with Crippen LogP contribution in [0.15, 0.2) is 18.2 Å². The molecule has 0 unspecified atom stereocenters. The van der Waals surface area contributed by atoms with Crippen molar-refractivity contribution in [1.29, 1.82) is 0 Å². The number of ether oxygens (including phenoxy) is 1. The van der Waals surface area contributed by atoms with Crippen molar-refractivity contribution in [3.05, 3.63) is 38.4 Å². The van der Waals surface area contributed by atoms with Gasteiger partial charge in [-0.2, -0.15) is 0 Å². The van der Waals surface area contributed by atoms with E-state index in [0.717, 1.165) is 37.5 Å². The van der Waals surface area contributed by atoms with Crippen LogP contribution in [0, 0.1) is 20.2 Å². The molecule has 0 aromatic heterocycles. The lowest BCUT2D eigenvalue weighted by atomic mass is 10.1. The normalized spacial score (nSPS) is 10.5. The Labute approximate surface area is 152 Å². The molecule has 0 aliphatic carbocycles. The zero-order valence-corrected chi connectivity index (χ0v) is 15.1. The Kier molecular flexibility index (Phi) is 9.89. The molecule has 144 valence electrons. The van der Waals surface area contributed by atoms with Crippen molar-refractivity contribution in [2.45, 2.75) is 71.1 Å². The van der Waals surface area contributed by atoms with Gasteiger partial charge in [-0.3, -0.25) is 25.0 Å². The van der Waals surface area contributed by atoms with Gasteiger partial charge in [0.15, 0.2) is 0 Å². The van der Waals surface area contributed by atoms with Gasteiger partial charge in [-0.25, -0.2) is 0 Å². The van der Waals surface area contributed by atoms with Crippen LogP contribution in [0.3, 0.4) is 0 Å². The predicted octanol–water partition coefficient (Wildman–Crippen LogP) is 5.33. The molecule has 8 heteroatoms. The molecule has 1 aromatic carbocycles. The first-order valence-electron chi connectivity index (χ1n) is 9.09. The fourth-order valence-electron chi connectivity index (χ4n) is 2.60.